The lowest BCUT2D eigenvalue weighted by atomic mass is 9.99. The molecule has 2 aliphatic heterocycles. The second kappa shape index (κ2) is 3.42. The number of nitrogens with one attached hydrogen (secondary N) is 1. The van der Waals surface area contributed by atoms with Crippen LogP contribution in [0.15, 0.2) is 24.3 Å². The number of hydrogen-bond donors (Lipinski definition) is 1. The first-order chi connectivity index (χ1) is 7.30. The molecule has 1 saturated heterocycles. The van der Waals surface area contributed by atoms with E-state index in [1.165, 1.54) is 11.3 Å². The smallest absolute Gasteiger partial charge is 0.125 e. The standard InChI is InChI=1S/C12H15NOS/c1-9-8-15-12(13-9)6-7-14-11-5-3-2-4-10(11)12/h2-5,9,13H,6-8H2,1H3. The highest BCUT2D eigenvalue weighted by Gasteiger charge is 2.42. The van der Waals surface area contributed by atoms with Crippen molar-refractivity contribution < 1.29 is 4.74 Å². The molecule has 0 aliphatic carbocycles. The number of thioether (sulfide) groups is 1. The SMILES string of the molecule is CC1CSC2(CCOc3ccccc32)N1. The molecule has 1 N–H and O–H groups in total. The van der Waals surface area contributed by atoms with Gasteiger partial charge < -0.3 is 4.74 Å². The topological polar surface area (TPSA) is 21.3 Å². The largest absolute Gasteiger partial charge is 0.493 e. The molecule has 2 aliphatic rings. The Morgan fingerprint density at radius 2 is 2.33 bits per heavy atom. The van der Waals surface area contributed by atoms with Crippen molar-refractivity contribution in [3.05, 3.63) is 29.8 Å². The molecule has 0 bridgehead atoms. The quantitative estimate of drug-likeness (QED) is 0.726. The van der Waals surface area contributed by atoms with E-state index in [-0.39, 0.29) is 4.87 Å². The fraction of sp³-hybridized carbons (Fsp3) is 0.500. The fourth-order valence-corrected chi connectivity index (χ4v) is 3.87. The van der Waals surface area contributed by atoms with Crippen LogP contribution in [0.3, 0.4) is 0 Å². The molecule has 1 fully saturated rings. The van der Waals surface area contributed by atoms with Crippen LogP contribution in [0.25, 0.3) is 0 Å². The summed E-state index contributed by atoms with van der Waals surface area (Å²) in [6.07, 6.45) is 1.07. The average Bonchev–Trinajstić information content (AvgIpc) is 2.62. The van der Waals surface area contributed by atoms with Gasteiger partial charge in [0.1, 0.15) is 5.75 Å². The fourth-order valence-electron chi connectivity index (χ4n) is 2.41. The van der Waals surface area contributed by atoms with Gasteiger partial charge in [0.05, 0.1) is 11.5 Å². The van der Waals surface area contributed by atoms with Gasteiger partial charge in [-0.05, 0) is 13.0 Å². The Hall–Kier alpha value is -0.670. The molecule has 1 aromatic rings. The minimum atomic E-state index is 0.119. The van der Waals surface area contributed by atoms with Crippen molar-refractivity contribution in [2.75, 3.05) is 12.4 Å². The zero-order valence-corrected chi connectivity index (χ0v) is 9.64. The van der Waals surface area contributed by atoms with Gasteiger partial charge in [0.15, 0.2) is 0 Å². The van der Waals surface area contributed by atoms with Crippen LogP contribution < -0.4 is 10.1 Å². The summed E-state index contributed by atoms with van der Waals surface area (Å²) in [4.78, 5) is 0.119. The minimum absolute atomic E-state index is 0.119. The summed E-state index contributed by atoms with van der Waals surface area (Å²) in [6, 6.07) is 9.00. The van der Waals surface area contributed by atoms with Crippen LogP contribution in [0.5, 0.6) is 5.75 Å². The number of fused-ring (bicyclic) bond motifs is 2. The van der Waals surface area contributed by atoms with E-state index in [4.69, 9.17) is 4.74 Å². The maximum absolute atomic E-state index is 5.69. The molecular weight excluding hydrogens is 206 g/mol. The Morgan fingerprint density at radius 3 is 3.13 bits per heavy atom. The van der Waals surface area contributed by atoms with Crippen molar-refractivity contribution in [3.63, 3.8) is 0 Å². The summed E-state index contributed by atoms with van der Waals surface area (Å²) in [6.45, 7) is 3.07. The number of hydrogen-bond acceptors (Lipinski definition) is 3. The van der Waals surface area contributed by atoms with Crippen LogP contribution in [-0.2, 0) is 4.87 Å². The van der Waals surface area contributed by atoms with Gasteiger partial charge in [0.2, 0.25) is 0 Å². The van der Waals surface area contributed by atoms with Crippen molar-refractivity contribution in [2.24, 2.45) is 0 Å². The maximum Gasteiger partial charge on any atom is 0.125 e. The van der Waals surface area contributed by atoms with Crippen LogP contribution in [0, 0.1) is 0 Å². The first-order valence-electron chi connectivity index (χ1n) is 5.44. The lowest BCUT2D eigenvalue weighted by molar-refractivity contribution is 0.238. The molecule has 2 unspecified atom stereocenters. The molecule has 0 radical (unpaired) electrons. The zero-order chi connectivity index (χ0) is 10.3. The number of benzene rings is 1. The molecule has 2 nitrogen and oxygen atoms in total. The number of para-hydroxylation sites is 1. The normalized spacial score (nSPS) is 33.8. The van der Waals surface area contributed by atoms with Gasteiger partial charge in [-0.15, -0.1) is 11.8 Å². The van der Waals surface area contributed by atoms with Crippen molar-refractivity contribution in [2.45, 2.75) is 24.3 Å². The van der Waals surface area contributed by atoms with Crippen LogP contribution in [0.1, 0.15) is 18.9 Å². The van der Waals surface area contributed by atoms with E-state index < -0.39 is 0 Å². The Kier molecular flexibility index (Phi) is 2.18. The van der Waals surface area contributed by atoms with E-state index in [0.29, 0.717) is 6.04 Å². The van der Waals surface area contributed by atoms with Crippen LogP contribution >= 0.6 is 11.8 Å². The zero-order valence-electron chi connectivity index (χ0n) is 8.82. The molecule has 15 heavy (non-hydrogen) atoms. The third-order valence-corrected chi connectivity index (χ3v) is 4.79. The Morgan fingerprint density at radius 1 is 1.47 bits per heavy atom. The van der Waals surface area contributed by atoms with Crippen molar-refractivity contribution in [3.8, 4) is 5.75 Å². The molecule has 3 heteroatoms. The summed E-state index contributed by atoms with van der Waals surface area (Å²) < 4.78 is 5.69. The van der Waals surface area contributed by atoms with E-state index in [9.17, 15) is 0 Å². The third-order valence-electron chi connectivity index (χ3n) is 3.09. The molecule has 0 amide bonds. The molecule has 2 heterocycles. The molecule has 1 spiro atoms. The highest BCUT2D eigenvalue weighted by molar-refractivity contribution is 8.00. The molecule has 3 rings (SSSR count). The lowest BCUT2D eigenvalue weighted by Gasteiger charge is -2.35. The molecule has 0 aromatic heterocycles. The third kappa shape index (κ3) is 1.45. The van der Waals surface area contributed by atoms with Crippen molar-refractivity contribution in [1.29, 1.82) is 0 Å². The highest BCUT2D eigenvalue weighted by atomic mass is 32.2. The van der Waals surface area contributed by atoms with E-state index in [2.05, 4.69) is 30.4 Å². The summed E-state index contributed by atoms with van der Waals surface area (Å²) in [7, 11) is 0. The summed E-state index contributed by atoms with van der Waals surface area (Å²) in [5, 5.41) is 3.71. The van der Waals surface area contributed by atoms with Gasteiger partial charge in [-0.3, -0.25) is 5.32 Å². The second-order valence-electron chi connectivity index (χ2n) is 4.28. The first kappa shape index (κ1) is 9.55. The summed E-state index contributed by atoms with van der Waals surface area (Å²) in [5.74, 6) is 2.24. The average molecular weight is 221 g/mol. The minimum Gasteiger partial charge on any atom is -0.493 e. The Labute approximate surface area is 94.4 Å². The van der Waals surface area contributed by atoms with Gasteiger partial charge >= 0.3 is 0 Å². The molecule has 2 atom stereocenters. The van der Waals surface area contributed by atoms with Gasteiger partial charge in [-0.2, -0.15) is 0 Å². The van der Waals surface area contributed by atoms with Crippen molar-refractivity contribution >= 4 is 11.8 Å². The molecule has 1 aromatic carbocycles. The first-order valence-corrected chi connectivity index (χ1v) is 6.43. The van der Waals surface area contributed by atoms with Crippen LogP contribution in [0.2, 0.25) is 0 Å². The summed E-state index contributed by atoms with van der Waals surface area (Å²) >= 11 is 2.03. The molecule has 0 saturated carbocycles. The maximum atomic E-state index is 5.69. The van der Waals surface area contributed by atoms with Crippen molar-refractivity contribution in [1.82, 2.24) is 5.32 Å². The van der Waals surface area contributed by atoms with Gasteiger partial charge in [0, 0.05) is 23.8 Å². The van der Waals surface area contributed by atoms with Crippen LogP contribution in [0.4, 0.5) is 0 Å². The Bertz CT molecular complexity index is 382. The number of ether oxygens (including phenoxy) is 1. The molecule has 80 valence electrons. The highest BCUT2D eigenvalue weighted by Crippen LogP contribution is 2.48. The van der Waals surface area contributed by atoms with Gasteiger partial charge in [-0.1, -0.05) is 18.2 Å². The Balaban J connectivity index is 2.06. The van der Waals surface area contributed by atoms with E-state index >= 15 is 0 Å². The van der Waals surface area contributed by atoms with E-state index in [1.54, 1.807) is 0 Å². The monoisotopic (exact) mass is 221 g/mol. The lowest BCUT2D eigenvalue weighted by Crippen LogP contribution is -2.41. The van der Waals surface area contributed by atoms with E-state index in [0.717, 1.165) is 18.8 Å². The predicted octanol–water partition coefficient (Wildman–Crippen LogP) is 2.35. The molecular formula is C12H15NOS. The summed E-state index contributed by atoms with van der Waals surface area (Å²) in [5.41, 5.74) is 1.32. The van der Waals surface area contributed by atoms with Gasteiger partial charge in [0.25, 0.3) is 0 Å². The second-order valence-corrected chi connectivity index (χ2v) is 5.60. The van der Waals surface area contributed by atoms with Gasteiger partial charge in [-0.25, -0.2) is 0 Å². The number of rotatable bonds is 0. The van der Waals surface area contributed by atoms with Crippen LogP contribution in [-0.4, -0.2) is 18.4 Å². The van der Waals surface area contributed by atoms with E-state index in [1.807, 2.05) is 17.8 Å². The predicted molar refractivity (Wildman–Crippen MR) is 63.3 cm³/mol.